The molecular weight excluding hydrogens is 336 g/mol. The highest BCUT2D eigenvalue weighted by Crippen LogP contribution is 2.29. The maximum atomic E-state index is 12.6. The molecule has 0 amide bonds. The number of ether oxygens (including phenoxy) is 1. The Morgan fingerprint density at radius 2 is 1.75 bits per heavy atom. The first-order chi connectivity index (χ1) is 11.2. The van der Waals surface area contributed by atoms with Crippen LogP contribution in [0.25, 0.3) is 11.1 Å². The van der Waals surface area contributed by atoms with Crippen LogP contribution in [0.3, 0.4) is 0 Å². The molecule has 0 spiro atoms. The van der Waals surface area contributed by atoms with Crippen molar-refractivity contribution in [3.05, 3.63) is 36.5 Å². The van der Waals surface area contributed by atoms with Crippen LogP contribution in [-0.4, -0.2) is 40.9 Å². The van der Waals surface area contributed by atoms with Gasteiger partial charge in [0.2, 0.25) is 5.88 Å². The zero-order valence-corrected chi connectivity index (χ0v) is 14.2. The van der Waals surface area contributed by atoms with Gasteiger partial charge in [-0.2, -0.15) is 8.78 Å². The van der Waals surface area contributed by atoms with Crippen LogP contribution in [0.15, 0.2) is 36.5 Å². The van der Waals surface area contributed by atoms with E-state index < -0.39 is 6.61 Å². The van der Waals surface area contributed by atoms with E-state index in [1.54, 1.807) is 10.9 Å². The van der Waals surface area contributed by atoms with Crippen LogP contribution in [-0.2, 0) is 6.54 Å². The SMILES string of the molecule is Cl.FC(F)Oc1nn(CCN2CCCCC2)cc1-c1ccccc1. The molecule has 1 saturated heterocycles. The third-order valence-corrected chi connectivity index (χ3v) is 4.11. The number of nitrogens with zero attached hydrogens (tertiary/aromatic N) is 3. The lowest BCUT2D eigenvalue weighted by atomic mass is 10.1. The molecule has 0 unspecified atom stereocenters. The Morgan fingerprint density at radius 3 is 2.42 bits per heavy atom. The highest BCUT2D eigenvalue weighted by Gasteiger charge is 2.17. The Labute approximate surface area is 146 Å². The number of benzene rings is 1. The van der Waals surface area contributed by atoms with Gasteiger partial charge in [0.15, 0.2) is 0 Å². The Kier molecular flexibility index (Phi) is 6.99. The number of halogens is 3. The molecule has 2 heterocycles. The van der Waals surface area contributed by atoms with Crippen LogP contribution >= 0.6 is 12.4 Å². The Hall–Kier alpha value is -1.66. The van der Waals surface area contributed by atoms with Gasteiger partial charge in [-0.1, -0.05) is 36.8 Å². The van der Waals surface area contributed by atoms with Crippen molar-refractivity contribution in [3.63, 3.8) is 0 Å². The lowest BCUT2D eigenvalue weighted by molar-refractivity contribution is -0.0528. The first kappa shape index (κ1) is 18.7. The number of alkyl halides is 2. The van der Waals surface area contributed by atoms with Crippen molar-refractivity contribution < 1.29 is 13.5 Å². The highest BCUT2D eigenvalue weighted by atomic mass is 35.5. The summed E-state index contributed by atoms with van der Waals surface area (Å²) < 4.78 is 31.5. The summed E-state index contributed by atoms with van der Waals surface area (Å²) in [5.41, 5.74) is 1.43. The molecule has 3 rings (SSSR count). The minimum atomic E-state index is -2.87. The fraction of sp³-hybridized carbons (Fsp3) is 0.471. The number of likely N-dealkylation sites (tertiary alicyclic amines) is 1. The molecule has 24 heavy (non-hydrogen) atoms. The fourth-order valence-corrected chi connectivity index (χ4v) is 2.93. The van der Waals surface area contributed by atoms with Crippen LogP contribution in [0.2, 0.25) is 0 Å². The molecule has 7 heteroatoms. The molecule has 0 radical (unpaired) electrons. The van der Waals surface area contributed by atoms with Gasteiger partial charge in [-0.15, -0.1) is 17.5 Å². The quantitative estimate of drug-likeness (QED) is 0.781. The molecule has 132 valence electrons. The van der Waals surface area contributed by atoms with E-state index in [-0.39, 0.29) is 18.3 Å². The van der Waals surface area contributed by atoms with Crippen LogP contribution in [0.1, 0.15) is 19.3 Å². The van der Waals surface area contributed by atoms with E-state index in [1.807, 2.05) is 30.3 Å². The molecule has 0 saturated carbocycles. The van der Waals surface area contributed by atoms with Crippen molar-refractivity contribution >= 4 is 12.4 Å². The largest absolute Gasteiger partial charge is 0.415 e. The zero-order valence-electron chi connectivity index (χ0n) is 13.4. The molecule has 4 nitrogen and oxygen atoms in total. The van der Waals surface area contributed by atoms with Gasteiger partial charge in [0.1, 0.15) is 0 Å². The average molecular weight is 358 g/mol. The number of piperidine rings is 1. The van der Waals surface area contributed by atoms with E-state index in [4.69, 9.17) is 0 Å². The van der Waals surface area contributed by atoms with E-state index in [2.05, 4.69) is 14.7 Å². The van der Waals surface area contributed by atoms with Gasteiger partial charge in [0, 0.05) is 12.7 Å². The molecular formula is C17H22ClF2N3O. The molecule has 1 aliphatic rings. The summed E-state index contributed by atoms with van der Waals surface area (Å²) in [6.07, 6.45) is 5.54. The zero-order chi connectivity index (χ0) is 16.1. The van der Waals surface area contributed by atoms with Crippen LogP contribution in [0.5, 0.6) is 5.88 Å². The summed E-state index contributed by atoms with van der Waals surface area (Å²) in [6.45, 7) is 0.888. The summed E-state index contributed by atoms with van der Waals surface area (Å²) in [5.74, 6) is -0.00940. The van der Waals surface area contributed by atoms with E-state index in [0.29, 0.717) is 12.1 Å². The molecule has 0 N–H and O–H groups in total. The van der Waals surface area contributed by atoms with Gasteiger partial charge in [-0.25, -0.2) is 0 Å². The van der Waals surface area contributed by atoms with Gasteiger partial charge in [0.05, 0.1) is 12.1 Å². The third-order valence-electron chi connectivity index (χ3n) is 4.11. The maximum Gasteiger partial charge on any atom is 0.388 e. The first-order valence-corrected chi connectivity index (χ1v) is 8.02. The molecule has 1 fully saturated rings. The second-order valence-electron chi connectivity index (χ2n) is 5.76. The average Bonchev–Trinajstić information content (AvgIpc) is 2.97. The van der Waals surface area contributed by atoms with Crippen molar-refractivity contribution in [3.8, 4) is 17.0 Å². The first-order valence-electron chi connectivity index (χ1n) is 8.02. The predicted molar refractivity (Wildman–Crippen MR) is 91.8 cm³/mol. The van der Waals surface area contributed by atoms with Crippen LogP contribution in [0.4, 0.5) is 8.78 Å². The van der Waals surface area contributed by atoms with Crippen LogP contribution in [0, 0.1) is 0 Å². The molecule has 1 aromatic carbocycles. The summed E-state index contributed by atoms with van der Waals surface area (Å²) in [6, 6.07) is 9.35. The normalized spacial score (nSPS) is 15.3. The summed E-state index contributed by atoms with van der Waals surface area (Å²) in [4.78, 5) is 2.39. The van der Waals surface area contributed by atoms with Crippen LogP contribution < -0.4 is 4.74 Å². The topological polar surface area (TPSA) is 30.3 Å². The highest BCUT2D eigenvalue weighted by molar-refractivity contribution is 5.85. The van der Waals surface area contributed by atoms with Crippen molar-refractivity contribution in [2.45, 2.75) is 32.4 Å². The molecule has 0 aliphatic carbocycles. The third kappa shape index (κ3) is 4.92. The van der Waals surface area contributed by atoms with Gasteiger partial charge >= 0.3 is 6.61 Å². The molecule has 1 aliphatic heterocycles. The van der Waals surface area contributed by atoms with Crippen molar-refractivity contribution in [2.24, 2.45) is 0 Å². The lowest BCUT2D eigenvalue weighted by Crippen LogP contribution is -2.32. The van der Waals surface area contributed by atoms with Crippen molar-refractivity contribution in [2.75, 3.05) is 19.6 Å². The minimum Gasteiger partial charge on any atom is -0.415 e. The standard InChI is InChI=1S/C17H21F2N3O.ClH/c18-17(19)23-16-15(14-7-3-1-4-8-14)13-22(20-16)12-11-21-9-5-2-6-10-21;/h1,3-4,7-8,13,17H,2,5-6,9-12H2;1H. The van der Waals surface area contributed by atoms with Crippen molar-refractivity contribution in [1.82, 2.24) is 14.7 Å². The van der Waals surface area contributed by atoms with E-state index in [1.165, 1.54) is 19.3 Å². The number of rotatable bonds is 6. The number of hydrogen-bond acceptors (Lipinski definition) is 3. The summed E-state index contributed by atoms with van der Waals surface area (Å²) in [5, 5.41) is 4.20. The minimum absolute atomic E-state index is 0. The Morgan fingerprint density at radius 1 is 1.04 bits per heavy atom. The Balaban J connectivity index is 0.00000208. The second-order valence-corrected chi connectivity index (χ2v) is 5.76. The Bertz CT molecular complexity index is 616. The van der Waals surface area contributed by atoms with Gasteiger partial charge in [-0.3, -0.25) is 4.68 Å². The van der Waals surface area contributed by atoms with E-state index in [9.17, 15) is 8.78 Å². The van der Waals surface area contributed by atoms with Gasteiger partial charge < -0.3 is 9.64 Å². The van der Waals surface area contributed by atoms with Gasteiger partial charge in [-0.05, 0) is 31.5 Å². The molecule has 1 aromatic heterocycles. The fourth-order valence-electron chi connectivity index (χ4n) is 2.93. The van der Waals surface area contributed by atoms with Crippen molar-refractivity contribution in [1.29, 1.82) is 0 Å². The summed E-state index contributed by atoms with van der Waals surface area (Å²) >= 11 is 0. The van der Waals surface area contributed by atoms with E-state index in [0.717, 1.165) is 25.2 Å². The second kappa shape index (κ2) is 8.99. The number of aromatic nitrogens is 2. The summed E-state index contributed by atoms with van der Waals surface area (Å²) in [7, 11) is 0. The smallest absolute Gasteiger partial charge is 0.388 e. The number of hydrogen-bond donors (Lipinski definition) is 0. The monoisotopic (exact) mass is 357 g/mol. The maximum absolute atomic E-state index is 12.6. The van der Waals surface area contributed by atoms with Gasteiger partial charge in [0.25, 0.3) is 0 Å². The molecule has 0 atom stereocenters. The molecule has 0 bridgehead atoms. The predicted octanol–water partition coefficient (Wildman–Crippen LogP) is 4.06. The lowest BCUT2D eigenvalue weighted by Gasteiger charge is -2.26. The van der Waals surface area contributed by atoms with E-state index >= 15 is 0 Å². The molecule has 2 aromatic rings.